The van der Waals surface area contributed by atoms with E-state index in [2.05, 4.69) is 9.72 Å². The summed E-state index contributed by atoms with van der Waals surface area (Å²) in [4.78, 5) is 17.8. The van der Waals surface area contributed by atoms with Gasteiger partial charge in [0.2, 0.25) is 0 Å². The fraction of sp³-hybridized carbons (Fsp3) is 0.462. The number of rotatable bonds is 6. The number of esters is 1. The fourth-order valence-electron chi connectivity index (χ4n) is 1.67. The van der Waals surface area contributed by atoms with Gasteiger partial charge in [0.05, 0.1) is 7.11 Å². The molecule has 0 bridgehead atoms. The van der Waals surface area contributed by atoms with Crippen LogP contribution in [0.4, 0.5) is 5.82 Å². The van der Waals surface area contributed by atoms with Gasteiger partial charge in [0.25, 0.3) is 0 Å². The average molecular weight is 281 g/mol. The lowest BCUT2D eigenvalue weighted by Crippen LogP contribution is -2.22. The number of aryl methyl sites for hydroxylation is 1. The minimum absolute atomic E-state index is 0.200. The molecule has 104 valence electrons. The normalized spacial score (nSPS) is 10.1. The molecule has 6 heteroatoms. The first-order valence-corrected chi connectivity index (χ1v) is 6.41. The number of methoxy groups -OCH3 is 1. The molecular formula is C13H19N3O2S. The number of pyridine rings is 1. The third-order valence-corrected chi connectivity index (χ3v) is 2.95. The SMILES string of the molecule is COC(=O)CCCN(C)c1cc(C(N)=S)cc(C)n1. The van der Waals surface area contributed by atoms with E-state index in [1.54, 1.807) is 0 Å². The molecule has 1 aromatic heterocycles. The first kappa shape index (κ1) is 15.4. The predicted octanol–water partition coefficient (Wildman–Crippen LogP) is 1.41. The van der Waals surface area contributed by atoms with Crippen molar-refractivity contribution in [2.45, 2.75) is 19.8 Å². The van der Waals surface area contributed by atoms with Crippen molar-refractivity contribution in [1.29, 1.82) is 0 Å². The van der Waals surface area contributed by atoms with Gasteiger partial charge in [-0.3, -0.25) is 4.79 Å². The zero-order valence-corrected chi connectivity index (χ0v) is 12.3. The van der Waals surface area contributed by atoms with Crippen LogP contribution in [0, 0.1) is 6.92 Å². The van der Waals surface area contributed by atoms with E-state index in [0.29, 0.717) is 24.4 Å². The Kier molecular flexibility index (Phi) is 5.69. The first-order chi connectivity index (χ1) is 8.93. The molecule has 0 aliphatic heterocycles. The van der Waals surface area contributed by atoms with Gasteiger partial charge in [0.15, 0.2) is 0 Å². The van der Waals surface area contributed by atoms with Gasteiger partial charge in [-0.1, -0.05) is 12.2 Å². The minimum Gasteiger partial charge on any atom is -0.469 e. The van der Waals surface area contributed by atoms with Crippen LogP contribution in [-0.2, 0) is 9.53 Å². The molecule has 0 spiro atoms. The number of aromatic nitrogens is 1. The largest absolute Gasteiger partial charge is 0.469 e. The van der Waals surface area contributed by atoms with Gasteiger partial charge in [0, 0.05) is 31.3 Å². The molecule has 0 radical (unpaired) electrons. The summed E-state index contributed by atoms with van der Waals surface area (Å²) in [6, 6.07) is 3.71. The van der Waals surface area contributed by atoms with Crippen LogP contribution in [0.1, 0.15) is 24.1 Å². The third-order valence-electron chi connectivity index (χ3n) is 2.72. The number of nitrogens with two attached hydrogens (primary N) is 1. The van der Waals surface area contributed by atoms with Crippen LogP contribution in [0.15, 0.2) is 12.1 Å². The summed E-state index contributed by atoms with van der Waals surface area (Å²) in [6.45, 7) is 2.61. The van der Waals surface area contributed by atoms with Gasteiger partial charge in [-0.25, -0.2) is 4.98 Å². The molecule has 0 aliphatic rings. The topological polar surface area (TPSA) is 68.5 Å². The zero-order chi connectivity index (χ0) is 14.4. The Bertz CT molecular complexity index is 477. The van der Waals surface area contributed by atoms with Crippen molar-refractivity contribution in [2.75, 3.05) is 25.6 Å². The Labute approximate surface area is 118 Å². The van der Waals surface area contributed by atoms with Crippen LogP contribution in [0.5, 0.6) is 0 Å². The summed E-state index contributed by atoms with van der Waals surface area (Å²) in [5, 5.41) is 0. The lowest BCUT2D eigenvalue weighted by atomic mass is 10.2. The molecule has 19 heavy (non-hydrogen) atoms. The highest BCUT2D eigenvalue weighted by Crippen LogP contribution is 2.14. The molecule has 0 amide bonds. The quantitative estimate of drug-likeness (QED) is 0.628. The second-order valence-electron chi connectivity index (χ2n) is 4.32. The fourth-order valence-corrected chi connectivity index (χ4v) is 1.78. The van der Waals surface area contributed by atoms with E-state index in [1.165, 1.54) is 7.11 Å². The first-order valence-electron chi connectivity index (χ1n) is 6.00. The Morgan fingerprint density at radius 2 is 2.21 bits per heavy atom. The van der Waals surface area contributed by atoms with E-state index >= 15 is 0 Å². The number of carbonyl (C=O) groups excluding carboxylic acids is 1. The van der Waals surface area contributed by atoms with E-state index in [9.17, 15) is 4.79 Å². The van der Waals surface area contributed by atoms with Crippen LogP contribution in [0.25, 0.3) is 0 Å². The smallest absolute Gasteiger partial charge is 0.305 e. The highest BCUT2D eigenvalue weighted by atomic mass is 32.1. The molecule has 0 saturated carbocycles. The van der Waals surface area contributed by atoms with Gasteiger partial charge in [0.1, 0.15) is 10.8 Å². The number of hydrogen-bond acceptors (Lipinski definition) is 5. The van der Waals surface area contributed by atoms with Gasteiger partial charge in [-0.05, 0) is 25.5 Å². The predicted molar refractivity (Wildman–Crippen MR) is 79.4 cm³/mol. The summed E-state index contributed by atoms with van der Waals surface area (Å²) in [5.74, 6) is 0.599. The number of carbonyl (C=O) groups is 1. The lowest BCUT2D eigenvalue weighted by Gasteiger charge is -2.19. The highest BCUT2D eigenvalue weighted by Gasteiger charge is 2.08. The average Bonchev–Trinajstić information content (AvgIpc) is 2.37. The number of nitrogens with zero attached hydrogens (tertiary/aromatic N) is 2. The van der Waals surface area contributed by atoms with Crippen molar-refractivity contribution in [3.63, 3.8) is 0 Å². The van der Waals surface area contributed by atoms with Crippen LogP contribution >= 0.6 is 12.2 Å². The molecular weight excluding hydrogens is 262 g/mol. The molecule has 2 N–H and O–H groups in total. The maximum atomic E-state index is 11.0. The molecule has 0 fully saturated rings. The Morgan fingerprint density at radius 1 is 1.53 bits per heavy atom. The molecule has 0 unspecified atom stereocenters. The van der Waals surface area contributed by atoms with E-state index in [0.717, 1.165) is 17.1 Å². The van der Waals surface area contributed by atoms with E-state index in [-0.39, 0.29) is 5.97 Å². The van der Waals surface area contributed by atoms with Crippen molar-refractivity contribution >= 4 is 29.0 Å². The van der Waals surface area contributed by atoms with Gasteiger partial charge >= 0.3 is 5.97 Å². The van der Waals surface area contributed by atoms with Crippen LogP contribution in [-0.4, -0.2) is 36.6 Å². The molecule has 5 nitrogen and oxygen atoms in total. The third kappa shape index (κ3) is 4.82. The number of anilines is 1. The number of thiocarbonyl (C=S) groups is 1. The summed E-state index contributed by atoms with van der Waals surface area (Å²) >= 11 is 4.98. The van der Waals surface area contributed by atoms with Crippen LogP contribution in [0.2, 0.25) is 0 Å². The van der Waals surface area contributed by atoms with Crippen molar-refractivity contribution < 1.29 is 9.53 Å². The molecule has 1 rings (SSSR count). The molecule has 1 aromatic rings. The Balaban J connectivity index is 2.68. The molecule has 0 atom stereocenters. The van der Waals surface area contributed by atoms with Gasteiger partial charge in [-0.2, -0.15) is 0 Å². The second-order valence-corrected chi connectivity index (χ2v) is 4.76. The van der Waals surface area contributed by atoms with Crippen LogP contribution in [0.3, 0.4) is 0 Å². The maximum Gasteiger partial charge on any atom is 0.305 e. The second kappa shape index (κ2) is 7.04. The van der Waals surface area contributed by atoms with Crippen LogP contribution < -0.4 is 10.6 Å². The van der Waals surface area contributed by atoms with Crippen molar-refractivity contribution in [3.8, 4) is 0 Å². The monoisotopic (exact) mass is 281 g/mol. The van der Waals surface area contributed by atoms with Gasteiger partial charge in [-0.15, -0.1) is 0 Å². The number of ether oxygens (including phenoxy) is 1. The minimum atomic E-state index is -0.200. The molecule has 0 saturated heterocycles. The van der Waals surface area contributed by atoms with E-state index in [1.807, 2.05) is 31.0 Å². The van der Waals surface area contributed by atoms with E-state index in [4.69, 9.17) is 18.0 Å². The Hall–Kier alpha value is -1.69. The highest BCUT2D eigenvalue weighted by molar-refractivity contribution is 7.80. The lowest BCUT2D eigenvalue weighted by molar-refractivity contribution is -0.140. The van der Waals surface area contributed by atoms with Crippen molar-refractivity contribution in [2.24, 2.45) is 5.73 Å². The molecule has 0 aromatic carbocycles. The summed E-state index contributed by atoms with van der Waals surface area (Å²) in [7, 11) is 3.31. The van der Waals surface area contributed by atoms with Crippen molar-refractivity contribution in [1.82, 2.24) is 4.98 Å². The zero-order valence-electron chi connectivity index (χ0n) is 11.5. The molecule has 0 aliphatic carbocycles. The molecule has 1 heterocycles. The van der Waals surface area contributed by atoms with Crippen molar-refractivity contribution in [3.05, 3.63) is 23.4 Å². The standard InChI is InChI=1S/C13H19N3O2S/c1-9-7-10(13(14)19)8-11(15-9)16(2)6-4-5-12(17)18-3/h7-8H,4-6H2,1-3H3,(H2,14,19). The van der Waals surface area contributed by atoms with Gasteiger partial charge < -0.3 is 15.4 Å². The maximum absolute atomic E-state index is 11.0. The number of hydrogen-bond donors (Lipinski definition) is 1. The summed E-state index contributed by atoms with van der Waals surface area (Å²) in [5.41, 5.74) is 7.30. The van der Waals surface area contributed by atoms with E-state index < -0.39 is 0 Å². The summed E-state index contributed by atoms with van der Waals surface area (Å²) < 4.78 is 4.60. The Morgan fingerprint density at radius 3 is 2.79 bits per heavy atom. The summed E-state index contributed by atoms with van der Waals surface area (Å²) in [6.07, 6.45) is 1.11.